The molecule has 178 valence electrons. The molecule has 2 unspecified atom stereocenters. The van der Waals surface area contributed by atoms with Crippen LogP contribution in [0.3, 0.4) is 0 Å². The van der Waals surface area contributed by atoms with E-state index in [4.69, 9.17) is 4.98 Å². The molecule has 0 saturated heterocycles. The van der Waals surface area contributed by atoms with Crippen molar-refractivity contribution in [2.24, 2.45) is 5.41 Å². The third-order valence-electron chi connectivity index (χ3n) is 6.68. The van der Waals surface area contributed by atoms with E-state index in [1.165, 1.54) is 6.07 Å². The van der Waals surface area contributed by atoms with Crippen molar-refractivity contribution >= 4 is 5.57 Å². The van der Waals surface area contributed by atoms with Gasteiger partial charge in [-0.1, -0.05) is 33.8 Å². The van der Waals surface area contributed by atoms with Crippen LogP contribution in [0, 0.1) is 5.41 Å². The second-order valence-corrected chi connectivity index (χ2v) is 10.4. The van der Waals surface area contributed by atoms with Crippen molar-refractivity contribution in [3.05, 3.63) is 63.7 Å². The zero-order chi connectivity index (χ0) is 24.1. The lowest BCUT2D eigenvalue weighted by Gasteiger charge is -2.37. The van der Waals surface area contributed by atoms with E-state index in [0.29, 0.717) is 24.1 Å². The van der Waals surface area contributed by atoms with E-state index in [1.807, 2.05) is 13.8 Å². The lowest BCUT2D eigenvalue weighted by Crippen LogP contribution is -2.29. The summed E-state index contributed by atoms with van der Waals surface area (Å²) in [5, 5.41) is 22.6. The van der Waals surface area contributed by atoms with E-state index in [9.17, 15) is 23.4 Å². The molecule has 2 N–H and O–H groups in total. The van der Waals surface area contributed by atoms with Gasteiger partial charge in [0.15, 0.2) is 0 Å². The van der Waals surface area contributed by atoms with Crippen LogP contribution < -0.4 is 0 Å². The molecule has 4 rings (SSSR count). The normalized spacial score (nSPS) is 21.2. The zero-order valence-electron chi connectivity index (χ0n) is 19.5. The summed E-state index contributed by atoms with van der Waals surface area (Å²) in [5.41, 5.74) is 3.92. The van der Waals surface area contributed by atoms with Gasteiger partial charge >= 0.3 is 6.18 Å². The molecule has 0 fully saturated rings. The average molecular weight is 461 g/mol. The fourth-order valence-electron chi connectivity index (χ4n) is 5.17. The molecule has 0 saturated carbocycles. The molecule has 7 heteroatoms. The predicted molar refractivity (Wildman–Crippen MR) is 121 cm³/mol. The molecular formula is C26H31F3N2O2. The first-order valence-corrected chi connectivity index (χ1v) is 11.5. The monoisotopic (exact) mass is 460 g/mol. The fraction of sp³-hybridized carbons (Fsp3) is 0.538. The van der Waals surface area contributed by atoms with Crippen molar-refractivity contribution in [1.82, 2.24) is 9.97 Å². The number of rotatable bonds is 4. The number of pyridine rings is 2. The Morgan fingerprint density at radius 2 is 1.91 bits per heavy atom. The SMILES string of the molecule is CC(C)c1nc2c(c(C3=CCCC3)c1C(O)c1ccc(C(F)(F)F)cn1)C(O)CC(C)(C)C2. The van der Waals surface area contributed by atoms with Gasteiger partial charge < -0.3 is 10.2 Å². The van der Waals surface area contributed by atoms with E-state index in [0.717, 1.165) is 53.9 Å². The Labute approximate surface area is 192 Å². The van der Waals surface area contributed by atoms with Gasteiger partial charge in [0, 0.05) is 23.0 Å². The summed E-state index contributed by atoms with van der Waals surface area (Å²) >= 11 is 0. The average Bonchev–Trinajstić information content (AvgIpc) is 3.25. The van der Waals surface area contributed by atoms with Crippen LogP contribution in [0.4, 0.5) is 13.2 Å². The molecule has 0 radical (unpaired) electrons. The maximum atomic E-state index is 13.0. The Kier molecular flexibility index (Phi) is 6.16. The fourth-order valence-corrected chi connectivity index (χ4v) is 5.17. The molecule has 0 aromatic carbocycles. The molecule has 0 bridgehead atoms. The smallest absolute Gasteiger partial charge is 0.388 e. The van der Waals surface area contributed by atoms with Gasteiger partial charge in [0.25, 0.3) is 0 Å². The number of hydrogen-bond donors (Lipinski definition) is 2. The standard InChI is InChI=1S/C26H31F3N2O2/c1-14(2)23-22(24(33)17-10-9-16(13-30-17)26(27,28)29)20(15-7-5-6-8-15)21-18(31-23)11-25(3,4)12-19(21)32/h7,9-10,13-14,19,24,32-33H,5-6,8,11-12H2,1-4H3. The highest BCUT2D eigenvalue weighted by Crippen LogP contribution is 2.48. The van der Waals surface area contributed by atoms with E-state index >= 15 is 0 Å². The van der Waals surface area contributed by atoms with E-state index < -0.39 is 23.9 Å². The second kappa shape index (κ2) is 8.51. The largest absolute Gasteiger partial charge is 0.417 e. The highest BCUT2D eigenvalue weighted by Gasteiger charge is 2.38. The zero-order valence-corrected chi connectivity index (χ0v) is 19.5. The van der Waals surface area contributed by atoms with Crippen molar-refractivity contribution in [2.45, 2.75) is 84.1 Å². The number of allylic oxidation sites excluding steroid dienone is 2. The van der Waals surface area contributed by atoms with Crippen LogP contribution in [0.2, 0.25) is 0 Å². The van der Waals surface area contributed by atoms with Gasteiger partial charge in [-0.3, -0.25) is 9.97 Å². The number of alkyl halides is 3. The lowest BCUT2D eigenvalue weighted by molar-refractivity contribution is -0.137. The van der Waals surface area contributed by atoms with Gasteiger partial charge in [0.2, 0.25) is 0 Å². The first-order valence-electron chi connectivity index (χ1n) is 11.5. The summed E-state index contributed by atoms with van der Waals surface area (Å²) in [4.78, 5) is 8.90. The Bertz CT molecular complexity index is 1070. The Hall–Kier alpha value is -2.25. The van der Waals surface area contributed by atoms with Crippen LogP contribution in [0.25, 0.3) is 5.57 Å². The number of nitrogens with zero attached hydrogens (tertiary/aromatic N) is 2. The van der Waals surface area contributed by atoms with Crippen molar-refractivity contribution in [2.75, 3.05) is 0 Å². The summed E-state index contributed by atoms with van der Waals surface area (Å²) in [7, 11) is 0. The predicted octanol–water partition coefficient (Wildman–Crippen LogP) is 6.27. The molecular weight excluding hydrogens is 429 g/mol. The lowest BCUT2D eigenvalue weighted by atomic mass is 9.71. The van der Waals surface area contributed by atoms with Crippen molar-refractivity contribution in [1.29, 1.82) is 0 Å². The van der Waals surface area contributed by atoms with Crippen LogP contribution >= 0.6 is 0 Å². The summed E-state index contributed by atoms with van der Waals surface area (Å²) in [6, 6.07) is 2.17. The topological polar surface area (TPSA) is 66.2 Å². The Morgan fingerprint density at radius 3 is 2.45 bits per heavy atom. The number of aliphatic hydroxyl groups excluding tert-OH is 2. The summed E-state index contributed by atoms with van der Waals surface area (Å²) in [5.74, 6) is -0.0302. The second-order valence-electron chi connectivity index (χ2n) is 10.4. The van der Waals surface area contributed by atoms with Gasteiger partial charge in [-0.15, -0.1) is 0 Å². The molecule has 4 nitrogen and oxygen atoms in total. The number of aromatic nitrogens is 2. The van der Waals surface area contributed by atoms with Crippen LogP contribution in [-0.4, -0.2) is 20.2 Å². The summed E-state index contributed by atoms with van der Waals surface area (Å²) in [6.07, 6.45) is 0.451. The molecule has 2 aliphatic carbocycles. The molecule has 33 heavy (non-hydrogen) atoms. The van der Waals surface area contributed by atoms with Crippen molar-refractivity contribution < 1.29 is 23.4 Å². The molecule has 0 spiro atoms. The maximum Gasteiger partial charge on any atom is 0.417 e. The third kappa shape index (κ3) is 4.58. The van der Waals surface area contributed by atoms with E-state index in [1.54, 1.807) is 0 Å². The van der Waals surface area contributed by atoms with Gasteiger partial charge in [-0.05, 0) is 66.7 Å². The summed E-state index contributed by atoms with van der Waals surface area (Å²) < 4.78 is 39.1. The van der Waals surface area contributed by atoms with Gasteiger partial charge in [-0.2, -0.15) is 13.2 Å². The number of fused-ring (bicyclic) bond motifs is 1. The molecule has 0 aliphatic heterocycles. The first-order chi connectivity index (χ1) is 15.4. The maximum absolute atomic E-state index is 13.0. The molecule has 2 heterocycles. The Morgan fingerprint density at radius 1 is 1.18 bits per heavy atom. The van der Waals surface area contributed by atoms with Gasteiger partial charge in [0.05, 0.1) is 23.1 Å². The van der Waals surface area contributed by atoms with Crippen molar-refractivity contribution in [3.8, 4) is 0 Å². The number of halogens is 3. The molecule has 0 amide bonds. The number of hydrogen-bond acceptors (Lipinski definition) is 4. The number of aliphatic hydroxyl groups is 2. The quantitative estimate of drug-likeness (QED) is 0.564. The van der Waals surface area contributed by atoms with Gasteiger partial charge in [-0.25, -0.2) is 0 Å². The van der Waals surface area contributed by atoms with Crippen LogP contribution in [-0.2, 0) is 12.6 Å². The van der Waals surface area contributed by atoms with E-state index in [-0.39, 0.29) is 17.0 Å². The van der Waals surface area contributed by atoms with Gasteiger partial charge in [0.1, 0.15) is 6.10 Å². The van der Waals surface area contributed by atoms with E-state index in [2.05, 4.69) is 24.9 Å². The minimum Gasteiger partial charge on any atom is -0.388 e. The van der Waals surface area contributed by atoms with Crippen molar-refractivity contribution in [3.63, 3.8) is 0 Å². The minimum absolute atomic E-state index is 0.0302. The van der Waals surface area contributed by atoms with Crippen LogP contribution in [0.5, 0.6) is 0 Å². The third-order valence-corrected chi connectivity index (χ3v) is 6.68. The first kappa shape index (κ1) is 23.9. The van der Waals surface area contributed by atoms with Crippen LogP contribution in [0.1, 0.15) is 111 Å². The molecule has 2 aliphatic rings. The summed E-state index contributed by atoms with van der Waals surface area (Å²) in [6.45, 7) is 8.20. The highest BCUT2D eigenvalue weighted by atomic mass is 19.4. The minimum atomic E-state index is -4.50. The molecule has 2 aromatic heterocycles. The molecule has 2 atom stereocenters. The highest BCUT2D eigenvalue weighted by molar-refractivity contribution is 5.75. The molecule has 2 aromatic rings. The Balaban J connectivity index is 1.94. The van der Waals surface area contributed by atoms with Crippen LogP contribution in [0.15, 0.2) is 24.4 Å².